The summed E-state index contributed by atoms with van der Waals surface area (Å²) in [6.45, 7) is 0.520. The molecule has 1 aliphatic carbocycles. The fourth-order valence-electron chi connectivity index (χ4n) is 2.76. The van der Waals surface area contributed by atoms with Crippen LogP contribution in [-0.2, 0) is 14.8 Å². The van der Waals surface area contributed by atoms with Crippen molar-refractivity contribution in [2.45, 2.75) is 43.4 Å². The first kappa shape index (κ1) is 18.8. The number of amides is 1. The summed E-state index contributed by atoms with van der Waals surface area (Å²) in [6, 6.07) is 2.34. The van der Waals surface area contributed by atoms with Crippen LogP contribution in [-0.4, -0.2) is 27.4 Å². The molecule has 1 fully saturated rings. The number of sulfonamides is 1. The summed E-state index contributed by atoms with van der Waals surface area (Å²) in [6.07, 6.45) is 5.85. The van der Waals surface area contributed by atoms with Crippen LogP contribution >= 0.6 is 0 Å². The lowest BCUT2D eigenvalue weighted by Gasteiger charge is -2.21. The molecule has 5 nitrogen and oxygen atoms in total. The van der Waals surface area contributed by atoms with Crippen molar-refractivity contribution in [2.24, 2.45) is 5.92 Å². The molecule has 0 aliphatic heterocycles. The quantitative estimate of drug-likeness (QED) is 0.784. The van der Waals surface area contributed by atoms with Crippen LogP contribution in [0, 0.1) is 17.6 Å². The van der Waals surface area contributed by atoms with E-state index in [1.54, 1.807) is 0 Å². The zero-order valence-electron chi connectivity index (χ0n) is 13.4. The Kier molecular flexibility index (Phi) is 6.68. The number of halogens is 2. The van der Waals surface area contributed by atoms with E-state index in [0.717, 1.165) is 25.0 Å². The highest BCUT2D eigenvalue weighted by Crippen LogP contribution is 2.22. The predicted molar refractivity (Wildman–Crippen MR) is 85.7 cm³/mol. The van der Waals surface area contributed by atoms with E-state index in [-0.39, 0.29) is 23.8 Å². The van der Waals surface area contributed by atoms with Gasteiger partial charge in [-0.2, -0.15) is 0 Å². The second-order valence-corrected chi connectivity index (χ2v) is 7.80. The van der Waals surface area contributed by atoms with Gasteiger partial charge in [0.15, 0.2) is 11.6 Å². The number of hydrogen-bond donors (Lipinski definition) is 2. The maximum absolute atomic E-state index is 13.1. The molecular weight excluding hydrogens is 338 g/mol. The molecule has 8 heteroatoms. The van der Waals surface area contributed by atoms with Crippen molar-refractivity contribution in [3.8, 4) is 0 Å². The Bertz CT molecular complexity index is 674. The summed E-state index contributed by atoms with van der Waals surface area (Å²) < 4.78 is 52.1. The van der Waals surface area contributed by atoms with Crippen molar-refractivity contribution in [3.05, 3.63) is 29.8 Å². The van der Waals surface area contributed by atoms with Gasteiger partial charge in [0.1, 0.15) is 0 Å². The minimum absolute atomic E-state index is 0.00434. The second-order valence-electron chi connectivity index (χ2n) is 6.03. The van der Waals surface area contributed by atoms with Crippen molar-refractivity contribution >= 4 is 15.9 Å². The first-order chi connectivity index (χ1) is 11.4. The van der Waals surface area contributed by atoms with Crippen LogP contribution in [0.4, 0.5) is 8.78 Å². The Morgan fingerprint density at radius 2 is 1.83 bits per heavy atom. The minimum atomic E-state index is -3.97. The van der Waals surface area contributed by atoms with Gasteiger partial charge in [0.05, 0.1) is 4.90 Å². The lowest BCUT2D eigenvalue weighted by atomic mass is 9.89. The van der Waals surface area contributed by atoms with Gasteiger partial charge in [-0.15, -0.1) is 0 Å². The molecule has 0 saturated heterocycles. The van der Waals surface area contributed by atoms with E-state index in [9.17, 15) is 22.0 Å². The normalized spacial score (nSPS) is 16.1. The van der Waals surface area contributed by atoms with E-state index >= 15 is 0 Å². The molecule has 1 aliphatic rings. The number of carbonyl (C=O) groups is 1. The number of carbonyl (C=O) groups excluding carboxylic acids is 1. The first-order valence-electron chi connectivity index (χ1n) is 8.10. The molecule has 0 heterocycles. The van der Waals surface area contributed by atoms with Gasteiger partial charge in [-0.1, -0.05) is 19.3 Å². The zero-order chi connectivity index (χ0) is 17.6. The molecule has 0 spiro atoms. The van der Waals surface area contributed by atoms with Gasteiger partial charge in [0.25, 0.3) is 0 Å². The van der Waals surface area contributed by atoms with E-state index in [4.69, 9.17) is 0 Å². The molecule has 0 aromatic heterocycles. The maximum atomic E-state index is 13.1. The number of hydrogen-bond acceptors (Lipinski definition) is 3. The van der Waals surface area contributed by atoms with Crippen LogP contribution in [0.2, 0.25) is 0 Å². The molecule has 2 rings (SSSR count). The SMILES string of the molecule is O=C(CCNS(=O)(=O)c1ccc(F)c(F)c1)NCC1CCCCC1. The zero-order valence-corrected chi connectivity index (χ0v) is 14.2. The molecule has 24 heavy (non-hydrogen) atoms. The lowest BCUT2D eigenvalue weighted by molar-refractivity contribution is -0.121. The Balaban J connectivity index is 1.75. The number of nitrogens with one attached hydrogen (secondary N) is 2. The highest BCUT2D eigenvalue weighted by Gasteiger charge is 2.17. The number of benzene rings is 1. The average molecular weight is 360 g/mol. The van der Waals surface area contributed by atoms with E-state index < -0.39 is 21.7 Å². The van der Waals surface area contributed by atoms with Crippen LogP contribution in [0.15, 0.2) is 23.1 Å². The maximum Gasteiger partial charge on any atom is 0.240 e. The van der Waals surface area contributed by atoms with E-state index in [1.807, 2.05) is 0 Å². The molecule has 0 atom stereocenters. The summed E-state index contributed by atoms with van der Waals surface area (Å²) in [5, 5.41) is 2.81. The van der Waals surface area contributed by atoms with Crippen molar-refractivity contribution in [1.29, 1.82) is 0 Å². The van der Waals surface area contributed by atoms with Gasteiger partial charge in [-0.05, 0) is 37.0 Å². The summed E-state index contributed by atoms with van der Waals surface area (Å²) in [4.78, 5) is 11.4. The predicted octanol–water partition coefficient (Wildman–Crippen LogP) is 2.33. The Morgan fingerprint density at radius 3 is 2.50 bits per heavy atom. The molecule has 0 bridgehead atoms. The molecule has 1 aromatic rings. The van der Waals surface area contributed by atoms with E-state index in [1.165, 1.54) is 19.3 Å². The van der Waals surface area contributed by atoms with Crippen LogP contribution < -0.4 is 10.0 Å². The van der Waals surface area contributed by atoms with Crippen LogP contribution in [0.3, 0.4) is 0 Å². The Labute approximate surface area is 140 Å². The molecule has 0 unspecified atom stereocenters. The third kappa shape index (κ3) is 5.52. The van der Waals surface area contributed by atoms with Crippen molar-refractivity contribution in [3.63, 3.8) is 0 Å². The highest BCUT2D eigenvalue weighted by molar-refractivity contribution is 7.89. The van der Waals surface area contributed by atoms with Gasteiger partial charge in [-0.3, -0.25) is 4.79 Å². The van der Waals surface area contributed by atoms with E-state index in [0.29, 0.717) is 18.5 Å². The molecule has 134 valence electrons. The monoisotopic (exact) mass is 360 g/mol. The van der Waals surface area contributed by atoms with E-state index in [2.05, 4.69) is 10.0 Å². The van der Waals surface area contributed by atoms with Crippen molar-refractivity contribution < 1.29 is 22.0 Å². The van der Waals surface area contributed by atoms with Gasteiger partial charge >= 0.3 is 0 Å². The fourth-order valence-corrected chi connectivity index (χ4v) is 3.81. The minimum Gasteiger partial charge on any atom is -0.356 e. The van der Waals surface area contributed by atoms with Crippen molar-refractivity contribution in [2.75, 3.05) is 13.1 Å². The third-order valence-corrected chi connectivity index (χ3v) is 5.62. The molecule has 1 amide bonds. The fraction of sp³-hybridized carbons (Fsp3) is 0.562. The topological polar surface area (TPSA) is 75.3 Å². The second kappa shape index (κ2) is 8.53. The number of rotatable bonds is 7. The molecule has 0 radical (unpaired) electrons. The lowest BCUT2D eigenvalue weighted by Crippen LogP contribution is -2.33. The largest absolute Gasteiger partial charge is 0.356 e. The molecule has 1 saturated carbocycles. The molecule has 2 N–H and O–H groups in total. The van der Waals surface area contributed by atoms with Crippen LogP contribution in [0.25, 0.3) is 0 Å². The Morgan fingerprint density at radius 1 is 1.12 bits per heavy atom. The smallest absolute Gasteiger partial charge is 0.240 e. The van der Waals surface area contributed by atoms with Gasteiger partial charge in [-0.25, -0.2) is 21.9 Å². The van der Waals surface area contributed by atoms with Gasteiger partial charge in [0.2, 0.25) is 15.9 Å². The van der Waals surface area contributed by atoms with Crippen molar-refractivity contribution in [1.82, 2.24) is 10.0 Å². The highest BCUT2D eigenvalue weighted by atomic mass is 32.2. The summed E-state index contributed by atoms with van der Waals surface area (Å²) >= 11 is 0. The van der Waals surface area contributed by atoms with Gasteiger partial charge < -0.3 is 5.32 Å². The molecular formula is C16H22F2N2O3S. The molecule has 1 aromatic carbocycles. The average Bonchev–Trinajstić information content (AvgIpc) is 2.56. The third-order valence-electron chi connectivity index (χ3n) is 4.16. The summed E-state index contributed by atoms with van der Waals surface area (Å²) in [5.41, 5.74) is 0. The first-order valence-corrected chi connectivity index (χ1v) is 9.58. The van der Waals surface area contributed by atoms with Gasteiger partial charge in [0, 0.05) is 19.5 Å². The Hall–Kier alpha value is -1.54. The summed E-state index contributed by atoms with van der Waals surface area (Å²) in [5.74, 6) is -2.07. The van der Waals surface area contributed by atoms with Crippen LogP contribution in [0.5, 0.6) is 0 Å². The summed E-state index contributed by atoms with van der Waals surface area (Å²) in [7, 11) is -3.97. The standard InChI is InChI=1S/C16H22F2N2O3S/c17-14-7-6-13(10-15(14)18)24(22,23)20-9-8-16(21)19-11-12-4-2-1-3-5-12/h6-7,10,12,20H,1-5,8-9,11H2,(H,19,21). The van der Waals surface area contributed by atoms with Crippen LogP contribution in [0.1, 0.15) is 38.5 Å².